The van der Waals surface area contributed by atoms with Crippen molar-refractivity contribution in [2.75, 3.05) is 20.3 Å². The molecule has 0 radical (unpaired) electrons. The molecule has 156 valence electrons. The maximum Gasteiger partial charge on any atom is 0.273 e. The van der Waals surface area contributed by atoms with E-state index in [-0.39, 0.29) is 17.8 Å². The van der Waals surface area contributed by atoms with Crippen LogP contribution < -0.4 is 4.74 Å². The Morgan fingerprint density at radius 1 is 1.30 bits per heavy atom. The summed E-state index contributed by atoms with van der Waals surface area (Å²) in [4.78, 5) is 19.5. The molecule has 7 heteroatoms. The predicted molar refractivity (Wildman–Crippen MR) is 114 cm³/mol. The van der Waals surface area contributed by atoms with Gasteiger partial charge < -0.3 is 14.4 Å². The molecule has 1 aromatic heterocycles. The van der Waals surface area contributed by atoms with Crippen LogP contribution in [0.3, 0.4) is 0 Å². The number of hydrogen-bond acceptors (Lipinski definition) is 5. The Morgan fingerprint density at radius 3 is 2.83 bits per heavy atom. The van der Waals surface area contributed by atoms with Gasteiger partial charge in [-0.25, -0.2) is 9.37 Å². The molecule has 0 spiro atoms. The molecule has 30 heavy (non-hydrogen) atoms. The highest BCUT2D eigenvalue weighted by Gasteiger charge is 2.25. The second-order valence-electron chi connectivity index (χ2n) is 7.22. The molecule has 1 amide bonds. The van der Waals surface area contributed by atoms with Crippen LogP contribution in [0.15, 0.2) is 53.9 Å². The predicted octanol–water partition coefficient (Wildman–Crippen LogP) is 4.78. The van der Waals surface area contributed by atoms with E-state index in [0.29, 0.717) is 25.4 Å². The Balaban J connectivity index is 1.55. The van der Waals surface area contributed by atoms with E-state index in [0.717, 1.165) is 34.7 Å². The molecule has 1 saturated heterocycles. The van der Waals surface area contributed by atoms with Gasteiger partial charge >= 0.3 is 0 Å². The van der Waals surface area contributed by atoms with Crippen molar-refractivity contribution in [3.8, 4) is 16.3 Å². The highest BCUT2D eigenvalue weighted by Crippen LogP contribution is 2.27. The number of benzene rings is 2. The van der Waals surface area contributed by atoms with Gasteiger partial charge in [0.2, 0.25) is 0 Å². The van der Waals surface area contributed by atoms with Crippen LogP contribution in [-0.4, -0.2) is 42.2 Å². The highest BCUT2D eigenvalue weighted by atomic mass is 32.1. The molecule has 1 unspecified atom stereocenters. The van der Waals surface area contributed by atoms with Gasteiger partial charge in [-0.1, -0.05) is 12.1 Å². The average molecular weight is 427 g/mol. The zero-order valence-corrected chi connectivity index (χ0v) is 17.5. The molecule has 5 nitrogen and oxygen atoms in total. The maximum absolute atomic E-state index is 13.6. The normalized spacial score (nSPS) is 15.9. The molecule has 0 aliphatic carbocycles. The van der Waals surface area contributed by atoms with Crippen molar-refractivity contribution in [2.24, 2.45) is 0 Å². The molecular formula is C23H23FN2O3S. The van der Waals surface area contributed by atoms with Crippen LogP contribution in [0.2, 0.25) is 0 Å². The molecule has 0 N–H and O–H groups in total. The van der Waals surface area contributed by atoms with Crippen molar-refractivity contribution in [3.63, 3.8) is 0 Å². The first-order valence-electron chi connectivity index (χ1n) is 9.87. The zero-order chi connectivity index (χ0) is 20.9. The Labute approximate surface area is 179 Å². The Morgan fingerprint density at radius 2 is 2.13 bits per heavy atom. The quantitative estimate of drug-likeness (QED) is 0.546. The van der Waals surface area contributed by atoms with Crippen molar-refractivity contribution in [1.29, 1.82) is 0 Å². The van der Waals surface area contributed by atoms with Gasteiger partial charge in [0, 0.05) is 30.6 Å². The molecule has 0 bridgehead atoms. The number of methoxy groups -OCH3 is 1. The largest absolute Gasteiger partial charge is 0.497 e. The smallest absolute Gasteiger partial charge is 0.273 e. The van der Waals surface area contributed by atoms with Crippen molar-refractivity contribution in [3.05, 3.63) is 71.0 Å². The van der Waals surface area contributed by atoms with Gasteiger partial charge in [-0.05, 0) is 54.8 Å². The van der Waals surface area contributed by atoms with E-state index in [9.17, 15) is 9.18 Å². The number of amides is 1. The van der Waals surface area contributed by atoms with Gasteiger partial charge in [0.15, 0.2) is 0 Å². The third-order valence-electron chi connectivity index (χ3n) is 5.06. The van der Waals surface area contributed by atoms with E-state index in [2.05, 4.69) is 4.98 Å². The third kappa shape index (κ3) is 4.86. The summed E-state index contributed by atoms with van der Waals surface area (Å²) in [6.07, 6.45) is 1.91. The van der Waals surface area contributed by atoms with Crippen LogP contribution in [0, 0.1) is 5.82 Å². The maximum atomic E-state index is 13.6. The van der Waals surface area contributed by atoms with Gasteiger partial charge in [0.1, 0.15) is 22.3 Å². The Kier molecular flexibility index (Phi) is 6.40. The molecular weight excluding hydrogens is 403 g/mol. The lowest BCUT2D eigenvalue weighted by Crippen LogP contribution is -2.37. The standard InChI is InChI=1S/C23H23FN2O3S/c1-28-19-9-7-17(8-10-19)22-25-21(15-30-22)23(27)26(14-20-6-3-11-29-20)13-16-4-2-5-18(24)12-16/h2,4-5,7-10,12,15,20H,3,6,11,13-14H2,1H3. The first-order chi connectivity index (χ1) is 14.6. The number of nitrogens with zero attached hydrogens (tertiary/aromatic N) is 2. The SMILES string of the molecule is COc1ccc(-c2nc(C(=O)N(Cc3cccc(F)c3)CC3CCCO3)cs2)cc1. The number of ether oxygens (including phenoxy) is 2. The summed E-state index contributed by atoms with van der Waals surface area (Å²) in [5.74, 6) is 0.280. The van der Waals surface area contributed by atoms with Gasteiger partial charge in [-0.3, -0.25) is 4.79 Å². The number of aromatic nitrogens is 1. The third-order valence-corrected chi connectivity index (χ3v) is 5.95. The number of thiazole rings is 1. The van der Waals surface area contributed by atoms with E-state index in [1.54, 1.807) is 23.5 Å². The minimum Gasteiger partial charge on any atom is -0.497 e. The number of rotatable bonds is 7. The minimum absolute atomic E-state index is 0.00204. The molecule has 4 rings (SSSR count). The molecule has 0 saturated carbocycles. The lowest BCUT2D eigenvalue weighted by atomic mass is 10.1. The van der Waals surface area contributed by atoms with Crippen LogP contribution in [0.4, 0.5) is 4.39 Å². The lowest BCUT2D eigenvalue weighted by Gasteiger charge is -2.25. The van der Waals surface area contributed by atoms with Gasteiger partial charge in [0.25, 0.3) is 5.91 Å². The van der Waals surface area contributed by atoms with E-state index in [4.69, 9.17) is 9.47 Å². The number of carbonyl (C=O) groups excluding carboxylic acids is 1. The summed E-state index contributed by atoms with van der Waals surface area (Å²) in [6, 6.07) is 13.9. The van der Waals surface area contributed by atoms with E-state index >= 15 is 0 Å². The van der Waals surface area contributed by atoms with Crippen LogP contribution >= 0.6 is 11.3 Å². The fourth-order valence-electron chi connectivity index (χ4n) is 3.51. The average Bonchev–Trinajstić information content (AvgIpc) is 3.45. The van der Waals surface area contributed by atoms with Crippen LogP contribution in [-0.2, 0) is 11.3 Å². The van der Waals surface area contributed by atoms with Gasteiger partial charge in [-0.15, -0.1) is 11.3 Å². The van der Waals surface area contributed by atoms with Gasteiger partial charge in [-0.2, -0.15) is 0 Å². The van der Waals surface area contributed by atoms with Crippen molar-refractivity contribution in [2.45, 2.75) is 25.5 Å². The molecule has 1 aliphatic rings. The van der Waals surface area contributed by atoms with E-state index in [1.165, 1.54) is 23.5 Å². The molecule has 1 aliphatic heterocycles. The second kappa shape index (κ2) is 9.36. The van der Waals surface area contributed by atoms with Crippen molar-refractivity contribution >= 4 is 17.2 Å². The van der Waals surface area contributed by atoms with Crippen molar-refractivity contribution < 1.29 is 18.7 Å². The molecule has 3 aromatic rings. The Hall–Kier alpha value is -2.77. The summed E-state index contributed by atoms with van der Waals surface area (Å²) in [6.45, 7) is 1.49. The van der Waals surface area contributed by atoms with Crippen molar-refractivity contribution in [1.82, 2.24) is 9.88 Å². The highest BCUT2D eigenvalue weighted by molar-refractivity contribution is 7.13. The topological polar surface area (TPSA) is 51.7 Å². The van der Waals surface area contributed by atoms with Gasteiger partial charge in [0.05, 0.1) is 13.2 Å². The second-order valence-corrected chi connectivity index (χ2v) is 8.08. The number of halogens is 1. The van der Waals surface area contributed by atoms with E-state index < -0.39 is 0 Å². The molecule has 2 heterocycles. The molecule has 1 fully saturated rings. The summed E-state index contributed by atoms with van der Waals surface area (Å²) >= 11 is 1.42. The summed E-state index contributed by atoms with van der Waals surface area (Å²) in [5, 5.41) is 2.54. The van der Waals surface area contributed by atoms with E-state index in [1.807, 2.05) is 30.3 Å². The lowest BCUT2D eigenvalue weighted by molar-refractivity contribution is 0.0503. The molecule has 1 atom stereocenters. The van der Waals surface area contributed by atoms with Crippen LogP contribution in [0.1, 0.15) is 28.9 Å². The number of hydrogen-bond donors (Lipinski definition) is 0. The van der Waals surface area contributed by atoms with Crippen LogP contribution in [0.5, 0.6) is 5.75 Å². The summed E-state index contributed by atoms with van der Waals surface area (Å²) in [7, 11) is 1.62. The minimum atomic E-state index is -0.313. The monoisotopic (exact) mass is 426 g/mol. The fourth-order valence-corrected chi connectivity index (χ4v) is 4.31. The fraction of sp³-hybridized carbons (Fsp3) is 0.304. The zero-order valence-electron chi connectivity index (χ0n) is 16.7. The molecule has 2 aromatic carbocycles. The number of carbonyl (C=O) groups is 1. The first-order valence-corrected chi connectivity index (χ1v) is 10.8. The summed E-state index contributed by atoms with van der Waals surface area (Å²) in [5.41, 5.74) is 2.06. The van der Waals surface area contributed by atoms with Crippen LogP contribution in [0.25, 0.3) is 10.6 Å². The Bertz CT molecular complexity index is 1000. The summed E-state index contributed by atoms with van der Waals surface area (Å²) < 4.78 is 24.6. The first kappa shape index (κ1) is 20.5.